The van der Waals surface area contributed by atoms with Gasteiger partial charge in [0.2, 0.25) is 0 Å². The van der Waals surface area contributed by atoms with Gasteiger partial charge in [0.25, 0.3) is 0 Å². The molecule has 0 unspecified atom stereocenters. The molecule has 3 heteroatoms. The molecule has 0 fully saturated rings. The molecule has 0 aliphatic rings. The Hall–Kier alpha value is -1.38. The summed E-state index contributed by atoms with van der Waals surface area (Å²) in [5, 5.41) is 3.58. The van der Waals surface area contributed by atoms with Crippen LogP contribution in [0.3, 0.4) is 0 Å². The average molecular weight is 236 g/mol. The van der Waals surface area contributed by atoms with Gasteiger partial charge in [-0.1, -0.05) is 20.8 Å². The third-order valence-electron chi connectivity index (χ3n) is 3.69. The van der Waals surface area contributed by atoms with E-state index in [0.717, 1.165) is 36.4 Å². The van der Waals surface area contributed by atoms with Crippen LogP contribution >= 0.6 is 0 Å². The van der Waals surface area contributed by atoms with E-state index in [1.807, 2.05) is 18.2 Å². The van der Waals surface area contributed by atoms with Crippen LogP contribution in [0.1, 0.15) is 40.0 Å². The fraction of sp³-hybridized carbons (Fsp3) is 0.571. The number of anilines is 2. The molecule has 96 valence electrons. The zero-order chi connectivity index (χ0) is 12.9. The van der Waals surface area contributed by atoms with Gasteiger partial charge in [-0.25, -0.2) is 0 Å². The molecule has 0 radical (unpaired) electrons. The number of ether oxygens (including phenoxy) is 1. The number of nitrogen functional groups attached to an aromatic ring is 1. The van der Waals surface area contributed by atoms with Crippen LogP contribution in [0.15, 0.2) is 18.2 Å². The van der Waals surface area contributed by atoms with Crippen LogP contribution in [-0.4, -0.2) is 12.6 Å². The predicted octanol–water partition coefficient (Wildman–Crippen LogP) is 3.66. The highest BCUT2D eigenvalue weighted by Gasteiger charge is 2.23. The summed E-state index contributed by atoms with van der Waals surface area (Å²) in [6, 6.07) is 5.78. The Bertz CT molecular complexity index is 351. The van der Waals surface area contributed by atoms with Crippen LogP contribution in [-0.2, 0) is 0 Å². The Labute approximate surface area is 104 Å². The highest BCUT2D eigenvalue weighted by molar-refractivity contribution is 5.69. The van der Waals surface area contributed by atoms with Gasteiger partial charge in [-0.05, 0) is 31.4 Å². The molecule has 0 bridgehead atoms. The summed E-state index contributed by atoms with van der Waals surface area (Å²) in [7, 11) is 1.65. The molecule has 3 nitrogen and oxygen atoms in total. The molecular weight excluding hydrogens is 212 g/mol. The zero-order valence-corrected chi connectivity index (χ0v) is 11.3. The van der Waals surface area contributed by atoms with E-state index in [2.05, 4.69) is 26.1 Å². The Morgan fingerprint density at radius 2 is 1.76 bits per heavy atom. The van der Waals surface area contributed by atoms with Crippen LogP contribution in [0.5, 0.6) is 5.75 Å². The van der Waals surface area contributed by atoms with Gasteiger partial charge in [-0.2, -0.15) is 0 Å². The number of methoxy groups -OCH3 is 1. The summed E-state index contributed by atoms with van der Waals surface area (Å²) in [6.07, 6.45) is 3.27. The molecule has 0 heterocycles. The van der Waals surface area contributed by atoms with Crippen LogP contribution in [0.4, 0.5) is 11.4 Å². The zero-order valence-electron chi connectivity index (χ0n) is 11.3. The fourth-order valence-corrected chi connectivity index (χ4v) is 2.08. The van der Waals surface area contributed by atoms with Gasteiger partial charge >= 0.3 is 0 Å². The molecular formula is C14H24N2O. The molecule has 1 rings (SSSR count). The van der Waals surface area contributed by atoms with Gasteiger partial charge in [0, 0.05) is 11.6 Å². The van der Waals surface area contributed by atoms with Gasteiger partial charge in [0.05, 0.1) is 18.5 Å². The molecule has 0 saturated heterocycles. The largest absolute Gasteiger partial charge is 0.497 e. The summed E-state index contributed by atoms with van der Waals surface area (Å²) < 4.78 is 5.15. The van der Waals surface area contributed by atoms with Gasteiger partial charge in [-0.15, -0.1) is 0 Å². The van der Waals surface area contributed by atoms with Gasteiger partial charge in [-0.3, -0.25) is 0 Å². The first-order chi connectivity index (χ1) is 8.10. The number of hydrogen-bond acceptors (Lipinski definition) is 3. The Morgan fingerprint density at radius 1 is 1.18 bits per heavy atom. The van der Waals surface area contributed by atoms with Crippen LogP contribution in [0.25, 0.3) is 0 Å². The first-order valence-corrected chi connectivity index (χ1v) is 6.32. The molecule has 3 N–H and O–H groups in total. The maximum atomic E-state index is 6.03. The lowest BCUT2D eigenvalue weighted by Crippen LogP contribution is -2.36. The number of hydrogen-bond donors (Lipinski definition) is 2. The van der Waals surface area contributed by atoms with Crippen LogP contribution in [0.2, 0.25) is 0 Å². The third kappa shape index (κ3) is 3.05. The minimum Gasteiger partial charge on any atom is -0.497 e. The van der Waals surface area contributed by atoms with E-state index in [1.54, 1.807) is 7.11 Å². The first kappa shape index (κ1) is 13.7. The number of benzene rings is 1. The third-order valence-corrected chi connectivity index (χ3v) is 3.69. The monoisotopic (exact) mass is 236 g/mol. The number of nitrogens with one attached hydrogen (secondary N) is 1. The summed E-state index contributed by atoms with van der Waals surface area (Å²) in [5.41, 5.74) is 7.90. The van der Waals surface area contributed by atoms with E-state index < -0.39 is 0 Å². The summed E-state index contributed by atoms with van der Waals surface area (Å²) >= 11 is 0. The second-order valence-corrected chi connectivity index (χ2v) is 4.42. The molecule has 1 aromatic rings. The van der Waals surface area contributed by atoms with Crippen molar-refractivity contribution in [2.75, 3.05) is 18.2 Å². The normalized spacial score (nSPS) is 11.3. The van der Waals surface area contributed by atoms with E-state index in [-0.39, 0.29) is 5.54 Å². The van der Waals surface area contributed by atoms with E-state index in [9.17, 15) is 0 Å². The van der Waals surface area contributed by atoms with Gasteiger partial charge in [0.1, 0.15) is 5.75 Å². The Morgan fingerprint density at radius 3 is 2.18 bits per heavy atom. The second-order valence-electron chi connectivity index (χ2n) is 4.42. The molecule has 1 aromatic carbocycles. The fourth-order valence-electron chi connectivity index (χ4n) is 2.08. The molecule has 0 aliphatic heterocycles. The molecule has 0 aromatic heterocycles. The van der Waals surface area contributed by atoms with Crippen LogP contribution in [0, 0.1) is 0 Å². The lowest BCUT2D eigenvalue weighted by molar-refractivity contribution is 0.413. The van der Waals surface area contributed by atoms with Crippen molar-refractivity contribution in [3.05, 3.63) is 18.2 Å². The average Bonchev–Trinajstić information content (AvgIpc) is 2.38. The maximum Gasteiger partial charge on any atom is 0.121 e. The molecule has 0 spiro atoms. The van der Waals surface area contributed by atoms with Crippen molar-refractivity contribution < 1.29 is 4.74 Å². The van der Waals surface area contributed by atoms with Crippen LogP contribution < -0.4 is 15.8 Å². The maximum absolute atomic E-state index is 6.03. The molecule has 0 aliphatic carbocycles. The van der Waals surface area contributed by atoms with Crippen molar-refractivity contribution in [2.24, 2.45) is 0 Å². The lowest BCUT2D eigenvalue weighted by atomic mass is 9.89. The molecule has 0 amide bonds. The predicted molar refractivity (Wildman–Crippen MR) is 74.6 cm³/mol. The summed E-state index contributed by atoms with van der Waals surface area (Å²) in [5.74, 6) is 0.795. The van der Waals surface area contributed by atoms with Gasteiger partial charge < -0.3 is 15.8 Å². The lowest BCUT2D eigenvalue weighted by Gasteiger charge is -2.33. The molecule has 0 atom stereocenters. The minimum absolute atomic E-state index is 0.142. The van der Waals surface area contributed by atoms with E-state index in [1.165, 1.54) is 0 Å². The smallest absolute Gasteiger partial charge is 0.121 e. The highest BCUT2D eigenvalue weighted by Crippen LogP contribution is 2.30. The van der Waals surface area contributed by atoms with E-state index in [4.69, 9.17) is 10.5 Å². The first-order valence-electron chi connectivity index (χ1n) is 6.32. The number of rotatable bonds is 6. The van der Waals surface area contributed by atoms with Crippen molar-refractivity contribution in [3.8, 4) is 5.75 Å². The van der Waals surface area contributed by atoms with Crippen molar-refractivity contribution in [1.82, 2.24) is 0 Å². The summed E-state index contributed by atoms with van der Waals surface area (Å²) in [4.78, 5) is 0. The molecule has 0 saturated carbocycles. The Balaban J connectivity index is 2.94. The standard InChI is InChI=1S/C14H24N2O/c1-5-14(6-2,7-3)16-13-9-8-11(17-4)10-12(13)15/h8-10,16H,5-7,15H2,1-4H3. The highest BCUT2D eigenvalue weighted by atomic mass is 16.5. The molecule has 17 heavy (non-hydrogen) atoms. The summed E-state index contributed by atoms with van der Waals surface area (Å²) in [6.45, 7) is 6.62. The van der Waals surface area contributed by atoms with Crippen molar-refractivity contribution in [3.63, 3.8) is 0 Å². The van der Waals surface area contributed by atoms with Crippen molar-refractivity contribution in [1.29, 1.82) is 0 Å². The number of nitrogens with two attached hydrogens (primary N) is 1. The van der Waals surface area contributed by atoms with Crippen molar-refractivity contribution >= 4 is 11.4 Å². The minimum atomic E-state index is 0.142. The van der Waals surface area contributed by atoms with Crippen molar-refractivity contribution in [2.45, 2.75) is 45.6 Å². The second kappa shape index (κ2) is 5.80. The van der Waals surface area contributed by atoms with E-state index >= 15 is 0 Å². The topological polar surface area (TPSA) is 47.3 Å². The Kier molecular flexibility index (Phi) is 4.67. The quantitative estimate of drug-likeness (QED) is 0.741. The van der Waals surface area contributed by atoms with E-state index in [0.29, 0.717) is 0 Å². The SMILES string of the molecule is CCC(CC)(CC)Nc1ccc(OC)cc1N. The van der Waals surface area contributed by atoms with Gasteiger partial charge in [0.15, 0.2) is 0 Å².